The van der Waals surface area contributed by atoms with E-state index in [9.17, 15) is 18.0 Å². The van der Waals surface area contributed by atoms with Crippen LogP contribution < -0.4 is 5.32 Å². The molecule has 1 atom stereocenters. The summed E-state index contributed by atoms with van der Waals surface area (Å²) in [5.74, 6) is -1.67. The number of nitrogens with zero attached hydrogens (tertiary/aromatic N) is 5. The highest BCUT2D eigenvalue weighted by molar-refractivity contribution is 5.78. The number of aromatic nitrogens is 4. The molecule has 2 aliphatic rings. The molecular formula is C22H27F3N6O3. The van der Waals surface area contributed by atoms with Crippen molar-refractivity contribution in [2.75, 3.05) is 18.4 Å². The maximum atomic E-state index is 13.0. The van der Waals surface area contributed by atoms with E-state index >= 15 is 0 Å². The fourth-order valence-electron chi connectivity index (χ4n) is 3.85. The summed E-state index contributed by atoms with van der Waals surface area (Å²) in [6.07, 6.45) is 7.62. The molecule has 1 aliphatic heterocycles. The lowest BCUT2D eigenvalue weighted by Crippen LogP contribution is -2.36. The van der Waals surface area contributed by atoms with E-state index in [4.69, 9.17) is 9.90 Å². The predicted octanol–water partition coefficient (Wildman–Crippen LogP) is 3.27. The number of allylic oxidation sites excluding steroid dienone is 1. The van der Waals surface area contributed by atoms with E-state index in [2.05, 4.69) is 26.5 Å². The Morgan fingerprint density at radius 3 is 2.53 bits per heavy atom. The third-order valence-electron chi connectivity index (χ3n) is 5.54. The first-order valence-corrected chi connectivity index (χ1v) is 11.0. The zero-order valence-corrected chi connectivity index (χ0v) is 18.5. The first-order valence-electron chi connectivity index (χ1n) is 11.0. The molecule has 184 valence electrons. The average Bonchev–Trinajstić information content (AvgIpc) is 3.16. The van der Waals surface area contributed by atoms with Crippen LogP contribution in [0.15, 0.2) is 42.4 Å². The number of aliphatic carboxylic acids is 1. The zero-order chi connectivity index (χ0) is 24.6. The fraction of sp³-hybridized carbons (Fsp3) is 0.500. The minimum absolute atomic E-state index is 0.221. The molecule has 0 aromatic carbocycles. The van der Waals surface area contributed by atoms with Crippen molar-refractivity contribution in [3.05, 3.63) is 48.1 Å². The van der Waals surface area contributed by atoms with Crippen LogP contribution in [-0.2, 0) is 22.7 Å². The summed E-state index contributed by atoms with van der Waals surface area (Å²) < 4.78 is 33.8. The van der Waals surface area contributed by atoms with E-state index < -0.39 is 12.1 Å². The molecule has 1 amide bonds. The van der Waals surface area contributed by atoms with Gasteiger partial charge in [-0.25, -0.2) is 14.8 Å². The number of hydrogen-bond donors (Lipinski definition) is 2. The summed E-state index contributed by atoms with van der Waals surface area (Å²) in [6, 6.07) is 3.81. The Morgan fingerprint density at radius 1 is 1.15 bits per heavy atom. The average molecular weight is 480 g/mol. The molecule has 1 unspecified atom stereocenters. The summed E-state index contributed by atoms with van der Waals surface area (Å²) >= 11 is 0. The van der Waals surface area contributed by atoms with Crippen LogP contribution in [0, 0.1) is 5.92 Å². The van der Waals surface area contributed by atoms with Gasteiger partial charge in [-0.05, 0) is 37.8 Å². The van der Waals surface area contributed by atoms with Gasteiger partial charge in [0.1, 0.15) is 0 Å². The molecule has 2 aromatic rings. The second kappa shape index (κ2) is 11.6. The molecule has 3 heterocycles. The maximum Gasteiger partial charge on any atom is 0.490 e. The second-order valence-electron chi connectivity index (χ2n) is 8.19. The zero-order valence-electron chi connectivity index (χ0n) is 18.5. The van der Waals surface area contributed by atoms with Crippen molar-refractivity contribution < 1.29 is 27.9 Å². The minimum Gasteiger partial charge on any atom is -0.475 e. The Kier molecular flexibility index (Phi) is 8.61. The molecule has 0 fully saturated rings. The van der Waals surface area contributed by atoms with Crippen LogP contribution in [0.1, 0.15) is 37.8 Å². The molecule has 12 heteroatoms. The van der Waals surface area contributed by atoms with Gasteiger partial charge in [0.05, 0.1) is 12.2 Å². The highest BCUT2D eigenvalue weighted by Crippen LogP contribution is 2.23. The molecule has 0 bridgehead atoms. The van der Waals surface area contributed by atoms with E-state index in [0.717, 1.165) is 31.6 Å². The molecule has 9 nitrogen and oxygen atoms in total. The summed E-state index contributed by atoms with van der Waals surface area (Å²) in [5, 5.41) is 14.9. The number of fused-ring (bicyclic) bond motifs is 1. The quantitative estimate of drug-likeness (QED) is 0.632. The van der Waals surface area contributed by atoms with Crippen molar-refractivity contribution in [1.29, 1.82) is 0 Å². The Hall–Kier alpha value is -3.44. The van der Waals surface area contributed by atoms with Gasteiger partial charge in [0.15, 0.2) is 0 Å². The van der Waals surface area contributed by atoms with Gasteiger partial charge in [0, 0.05) is 50.6 Å². The van der Waals surface area contributed by atoms with Gasteiger partial charge in [-0.1, -0.05) is 11.6 Å². The number of carbonyl (C=O) groups excluding carboxylic acids is 1. The van der Waals surface area contributed by atoms with Crippen molar-refractivity contribution in [3.8, 4) is 0 Å². The summed E-state index contributed by atoms with van der Waals surface area (Å²) in [5.41, 5.74) is 2.40. The maximum absolute atomic E-state index is 13.0. The molecule has 1 aliphatic carbocycles. The number of carbonyl (C=O) groups is 2. The van der Waals surface area contributed by atoms with Crippen molar-refractivity contribution >= 4 is 17.8 Å². The summed E-state index contributed by atoms with van der Waals surface area (Å²) in [4.78, 5) is 32.3. The molecule has 0 spiro atoms. The molecule has 34 heavy (non-hydrogen) atoms. The lowest BCUT2D eigenvalue weighted by molar-refractivity contribution is -0.192. The first-order chi connectivity index (χ1) is 16.2. The number of carboxylic acid groups (broad SMARTS) is 1. The standard InChI is InChI=1S/C20H26N6O.C2HF3O2/c27-19(11-16-5-2-1-3-6-16)25-13-17(12-23-20-21-8-4-9-22-20)14-26-18(15-25)7-10-24-26;3-2(4,5)1(6)7/h4-5,7-10,17H,1-3,6,11-15H2,(H,21,22,23);(H,6,7). The van der Waals surface area contributed by atoms with E-state index in [1.165, 1.54) is 18.4 Å². The summed E-state index contributed by atoms with van der Waals surface area (Å²) in [7, 11) is 0. The lowest BCUT2D eigenvalue weighted by atomic mass is 9.96. The Bertz CT molecular complexity index is 993. The number of carboxylic acids is 1. The van der Waals surface area contributed by atoms with Crippen molar-refractivity contribution in [1.82, 2.24) is 24.6 Å². The van der Waals surface area contributed by atoms with Crippen molar-refractivity contribution in [2.24, 2.45) is 5.92 Å². The monoisotopic (exact) mass is 480 g/mol. The van der Waals surface area contributed by atoms with Crippen LogP contribution in [0.4, 0.5) is 19.1 Å². The normalized spacial score (nSPS) is 18.0. The Labute approximate surface area is 194 Å². The van der Waals surface area contributed by atoms with Gasteiger partial charge in [0.25, 0.3) is 0 Å². The smallest absolute Gasteiger partial charge is 0.475 e. The number of hydrogen-bond acceptors (Lipinski definition) is 6. The van der Waals surface area contributed by atoms with Gasteiger partial charge in [-0.15, -0.1) is 0 Å². The third-order valence-corrected chi connectivity index (χ3v) is 5.54. The molecular weight excluding hydrogens is 453 g/mol. The minimum atomic E-state index is -5.08. The molecule has 0 saturated heterocycles. The van der Waals surface area contributed by atoms with Crippen LogP contribution in [0.3, 0.4) is 0 Å². The summed E-state index contributed by atoms with van der Waals surface area (Å²) in [6.45, 7) is 2.84. The number of alkyl halides is 3. The Balaban J connectivity index is 0.000000406. The van der Waals surface area contributed by atoms with Gasteiger partial charge < -0.3 is 15.3 Å². The number of anilines is 1. The van der Waals surface area contributed by atoms with Crippen LogP contribution in [0.2, 0.25) is 0 Å². The highest BCUT2D eigenvalue weighted by Gasteiger charge is 2.38. The topological polar surface area (TPSA) is 113 Å². The highest BCUT2D eigenvalue weighted by atomic mass is 19.4. The number of halogens is 3. The van der Waals surface area contributed by atoms with Crippen molar-refractivity contribution in [2.45, 2.75) is 51.4 Å². The first kappa shape index (κ1) is 25.2. The number of nitrogens with one attached hydrogen (secondary N) is 1. The van der Waals surface area contributed by atoms with Crippen LogP contribution in [-0.4, -0.2) is 60.9 Å². The van der Waals surface area contributed by atoms with Gasteiger partial charge >= 0.3 is 12.1 Å². The van der Waals surface area contributed by atoms with Gasteiger partial charge in [-0.2, -0.15) is 18.3 Å². The largest absolute Gasteiger partial charge is 0.490 e. The van der Waals surface area contributed by atoms with E-state index in [0.29, 0.717) is 25.5 Å². The van der Waals surface area contributed by atoms with Crippen molar-refractivity contribution in [3.63, 3.8) is 0 Å². The van der Waals surface area contributed by atoms with Crippen LogP contribution in [0.25, 0.3) is 0 Å². The van der Waals surface area contributed by atoms with Crippen LogP contribution >= 0.6 is 0 Å². The SMILES string of the molecule is O=C(CC1=CCCCC1)N1Cc2ccnn2CC(CNc2ncccn2)C1.O=C(O)C(F)(F)F. The lowest BCUT2D eigenvalue weighted by Gasteiger charge is -2.25. The van der Waals surface area contributed by atoms with E-state index in [-0.39, 0.29) is 11.8 Å². The molecule has 0 saturated carbocycles. The number of rotatable bonds is 5. The van der Waals surface area contributed by atoms with E-state index in [1.54, 1.807) is 18.5 Å². The molecule has 0 radical (unpaired) electrons. The molecule has 2 aromatic heterocycles. The van der Waals surface area contributed by atoms with E-state index in [1.807, 2.05) is 21.8 Å². The van der Waals surface area contributed by atoms with Crippen LogP contribution in [0.5, 0.6) is 0 Å². The Morgan fingerprint density at radius 2 is 1.88 bits per heavy atom. The third kappa shape index (κ3) is 7.56. The predicted molar refractivity (Wildman–Crippen MR) is 117 cm³/mol. The fourth-order valence-corrected chi connectivity index (χ4v) is 3.85. The molecule has 2 N–H and O–H groups in total. The van der Waals surface area contributed by atoms with Gasteiger partial charge in [0.2, 0.25) is 11.9 Å². The second-order valence-corrected chi connectivity index (χ2v) is 8.19. The molecule has 4 rings (SSSR count). The number of amides is 1. The van der Waals surface area contributed by atoms with Gasteiger partial charge in [-0.3, -0.25) is 9.48 Å².